The zero-order valence-corrected chi connectivity index (χ0v) is 21.6. The van der Waals surface area contributed by atoms with Crippen LogP contribution in [0.2, 0.25) is 0 Å². The number of nitrogens with zero attached hydrogens (tertiary/aromatic N) is 2. The third-order valence-electron chi connectivity index (χ3n) is 8.18. The third-order valence-corrected chi connectivity index (χ3v) is 8.18. The van der Waals surface area contributed by atoms with Crippen molar-refractivity contribution in [1.29, 1.82) is 0 Å². The number of carbonyl (C=O) groups is 2. The van der Waals surface area contributed by atoms with Gasteiger partial charge in [0.1, 0.15) is 11.6 Å². The van der Waals surface area contributed by atoms with Crippen molar-refractivity contribution in [1.82, 2.24) is 15.1 Å². The molecule has 3 fully saturated rings. The average Bonchev–Trinajstić information content (AvgIpc) is 2.84. The van der Waals surface area contributed by atoms with Gasteiger partial charge < -0.3 is 15.3 Å². The normalized spacial score (nSPS) is 24.6. The molecule has 0 unspecified atom stereocenters. The molecule has 2 atom stereocenters. The summed E-state index contributed by atoms with van der Waals surface area (Å²) in [6.07, 6.45) is 7.61. The number of aryl methyl sites for hydroxylation is 1. The van der Waals surface area contributed by atoms with E-state index < -0.39 is 17.7 Å². The molecule has 1 saturated carbocycles. The number of hydrogen-bond donors (Lipinski definition) is 2. The highest BCUT2D eigenvalue weighted by Gasteiger charge is 2.55. The molecular weight excluding hydrogens is 450 g/mol. The van der Waals surface area contributed by atoms with Crippen molar-refractivity contribution < 1.29 is 14.7 Å². The Kier molecular flexibility index (Phi) is 9.41. The number of halogens is 1. The van der Waals surface area contributed by atoms with Crippen molar-refractivity contribution in [2.45, 2.75) is 95.9 Å². The van der Waals surface area contributed by atoms with Gasteiger partial charge in [-0.25, -0.2) is 0 Å². The molecular formula is C27H42ClN3O3. The number of rotatable bonds is 7. The van der Waals surface area contributed by atoms with Crippen molar-refractivity contribution in [2.24, 2.45) is 5.92 Å². The lowest BCUT2D eigenvalue weighted by Gasteiger charge is -2.52. The molecule has 34 heavy (non-hydrogen) atoms. The van der Waals surface area contributed by atoms with Gasteiger partial charge in [0.2, 0.25) is 11.8 Å². The number of benzene rings is 1. The van der Waals surface area contributed by atoms with Gasteiger partial charge in [0.15, 0.2) is 0 Å². The zero-order chi connectivity index (χ0) is 23.4. The monoisotopic (exact) mass is 491 g/mol. The molecule has 4 rings (SSSR count). The maximum absolute atomic E-state index is 13.7. The lowest BCUT2D eigenvalue weighted by Crippen LogP contribution is -2.75. The van der Waals surface area contributed by atoms with Gasteiger partial charge in [0, 0.05) is 26.2 Å². The first kappa shape index (κ1) is 27.0. The standard InChI is InChI=1S/C27H41N3O3.ClH/c1-3-4-16-30-25(32)23(24(31)22-8-6-5-7-9-22)28-26(33)27(30)14-17-29(18-15-27)19-21-12-10-20(2)11-13-21;/h10-13,22-24,31H,3-9,14-19H2,1-2H3,(H,28,33);1H/t23-,24-;/m1./s1. The molecule has 3 aliphatic rings. The number of hydrogen-bond acceptors (Lipinski definition) is 4. The number of aliphatic hydroxyl groups excluding tert-OH is 1. The lowest BCUT2D eigenvalue weighted by atomic mass is 9.78. The number of amides is 2. The number of piperazine rings is 1. The highest BCUT2D eigenvalue weighted by atomic mass is 35.5. The van der Waals surface area contributed by atoms with Crippen LogP contribution >= 0.6 is 12.4 Å². The molecule has 7 heteroatoms. The van der Waals surface area contributed by atoms with Crippen LogP contribution in [0.4, 0.5) is 0 Å². The first-order chi connectivity index (χ1) is 15.9. The minimum Gasteiger partial charge on any atom is -0.390 e. The molecule has 2 heterocycles. The third kappa shape index (κ3) is 5.60. The predicted octanol–water partition coefficient (Wildman–Crippen LogP) is 3.82. The van der Waals surface area contributed by atoms with Crippen LogP contribution in [0.3, 0.4) is 0 Å². The molecule has 1 aromatic carbocycles. The van der Waals surface area contributed by atoms with Gasteiger partial charge >= 0.3 is 0 Å². The Labute approximate surface area is 210 Å². The highest BCUT2D eigenvalue weighted by Crippen LogP contribution is 2.36. The Balaban J connectivity index is 0.00000324. The highest BCUT2D eigenvalue weighted by molar-refractivity contribution is 6.00. The topological polar surface area (TPSA) is 72.9 Å². The molecule has 0 radical (unpaired) electrons. The summed E-state index contributed by atoms with van der Waals surface area (Å²) >= 11 is 0. The number of aliphatic hydroxyl groups is 1. The molecule has 2 aliphatic heterocycles. The van der Waals surface area contributed by atoms with E-state index in [9.17, 15) is 14.7 Å². The summed E-state index contributed by atoms with van der Waals surface area (Å²) in [6, 6.07) is 7.81. The molecule has 0 aromatic heterocycles. The van der Waals surface area contributed by atoms with Crippen LogP contribution in [0.25, 0.3) is 0 Å². The molecule has 0 bridgehead atoms. The van der Waals surface area contributed by atoms with Gasteiger partial charge in [-0.15, -0.1) is 12.4 Å². The Morgan fingerprint density at radius 2 is 1.74 bits per heavy atom. The first-order valence-electron chi connectivity index (χ1n) is 13.0. The molecule has 2 N–H and O–H groups in total. The van der Waals surface area contributed by atoms with Gasteiger partial charge in [-0.1, -0.05) is 62.4 Å². The Morgan fingerprint density at radius 3 is 2.35 bits per heavy atom. The quantitative estimate of drug-likeness (QED) is 0.608. The van der Waals surface area contributed by atoms with Crippen molar-refractivity contribution in [3.05, 3.63) is 35.4 Å². The van der Waals surface area contributed by atoms with Gasteiger partial charge in [0.25, 0.3) is 0 Å². The fourth-order valence-corrected chi connectivity index (χ4v) is 5.99. The Bertz CT molecular complexity index is 817. The van der Waals surface area contributed by atoms with E-state index in [1.165, 1.54) is 17.5 Å². The van der Waals surface area contributed by atoms with E-state index in [2.05, 4.69) is 48.3 Å². The summed E-state index contributed by atoms with van der Waals surface area (Å²) in [5.41, 5.74) is 1.75. The van der Waals surface area contributed by atoms with Crippen molar-refractivity contribution >= 4 is 24.2 Å². The largest absolute Gasteiger partial charge is 0.390 e. The average molecular weight is 492 g/mol. The maximum Gasteiger partial charge on any atom is 0.248 e. The number of carbonyl (C=O) groups excluding carboxylic acids is 2. The molecule has 190 valence electrons. The van der Waals surface area contributed by atoms with Crippen LogP contribution in [0, 0.1) is 12.8 Å². The molecule has 2 amide bonds. The fourth-order valence-electron chi connectivity index (χ4n) is 5.99. The van der Waals surface area contributed by atoms with E-state index in [1.54, 1.807) is 0 Å². The van der Waals surface area contributed by atoms with Crippen LogP contribution in [0.5, 0.6) is 0 Å². The lowest BCUT2D eigenvalue weighted by molar-refractivity contribution is -0.166. The van der Waals surface area contributed by atoms with E-state index in [0.29, 0.717) is 19.4 Å². The summed E-state index contributed by atoms with van der Waals surface area (Å²) in [4.78, 5) is 31.5. The Hall–Kier alpha value is -1.63. The smallest absolute Gasteiger partial charge is 0.248 e. The second-order valence-corrected chi connectivity index (χ2v) is 10.5. The zero-order valence-electron chi connectivity index (χ0n) is 20.8. The predicted molar refractivity (Wildman–Crippen MR) is 137 cm³/mol. The Morgan fingerprint density at radius 1 is 1.09 bits per heavy atom. The second-order valence-electron chi connectivity index (χ2n) is 10.5. The van der Waals surface area contributed by atoms with Gasteiger partial charge in [0.05, 0.1) is 6.10 Å². The van der Waals surface area contributed by atoms with E-state index in [1.807, 2.05) is 4.90 Å². The van der Waals surface area contributed by atoms with Gasteiger partial charge in [-0.3, -0.25) is 14.5 Å². The number of likely N-dealkylation sites (tertiary alicyclic amines) is 1. The summed E-state index contributed by atoms with van der Waals surface area (Å²) in [6.45, 7) is 7.23. The molecule has 1 aromatic rings. The molecule has 2 saturated heterocycles. The van der Waals surface area contributed by atoms with E-state index in [0.717, 1.165) is 58.2 Å². The van der Waals surface area contributed by atoms with E-state index in [4.69, 9.17) is 0 Å². The van der Waals surface area contributed by atoms with E-state index >= 15 is 0 Å². The SMILES string of the molecule is CCCCN1C(=O)[C@@H]([C@H](O)C2CCCCC2)NC(=O)C12CCN(Cc1ccc(C)cc1)CC2.Cl. The minimum atomic E-state index is -0.798. The number of unbranched alkanes of at least 4 members (excludes halogenated alkanes) is 1. The van der Waals surface area contributed by atoms with Crippen LogP contribution < -0.4 is 5.32 Å². The maximum atomic E-state index is 13.7. The molecule has 1 spiro atoms. The van der Waals surface area contributed by atoms with Crippen LogP contribution in [-0.2, 0) is 16.1 Å². The van der Waals surface area contributed by atoms with Crippen LogP contribution in [0.1, 0.15) is 75.8 Å². The van der Waals surface area contributed by atoms with Crippen LogP contribution in [0.15, 0.2) is 24.3 Å². The summed E-state index contributed by atoms with van der Waals surface area (Å²) in [5, 5.41) is 14.1. The van der Waals surface area contributed by atoms with Crippen molar-refractivity contribution in [3.63, 3.8) is 0 Å². The molecule has 6 nitrogen and oxygen atoms in total. The summed E-state index contributed by atoms with van der Waals surface area (Å²) in [7, 11) is 0. The van der Waals surface area contributed by atoms with Gasteiger partial charge in [-0.05, 0) is 50.5 Å². The van der Waals surface area contributed by atoms with E-state index in [-0.39, 0.29) is 30.1 Å². The second kappa shape index (κ2) is 11.9. The fraction of sp³-hybridized carbons (Fsp3) is 0.704. The van der Waals surface area contributed by atoms with Gasteiger partial charge in [-0.2, -0.15) is 0 Å². The van der Waals surface area contributed by atoms with Crippen molar-refractivity contribution in [3.8, 4) is 0 Å². The summed E-state index contributed by atoms with van der Waals surface area (Å²) < 4.78 is 0. The van der Waals surface area contributed by atoms with Crippen LogP contribution in [-0.4, -0.2) is 64.0 Å². The number of piperidine rings is 1. The summed E-state index contributed by atoms with van der Waals surface area (Å²) in [5.74, 6) is -0.0346. The first-order valence-corrected chi connectivity index (χ1v) is 13.0. The number of nitrogens with one attached hydrogen (secondary N) is 1. The van der Waals surface area contributed by atoms with Crippen molar-refractivity contribution in [2.75, 3.05) is 19.6 Å². The molecule has 1 aliphatic carbocycles. The minimum absolute atomic E-state index is 0.